The van der Waals surface area contributed by atoms with Crippen molar-refractivity contribution < 1.29 is 17.9 Å². The Kier molecular flexibility index (Phi) is 6.90. The number of hydrogen-bond acceptors (Lipinski definition) is 5. The van der Waals surface area contributed by atoms with Crippen molar-refractivity contribution in [1.82, 2.24) is 10.1 Å². The number of benzene rings is 1. The van der Waals surface area contributed by atoms with Crippen LogP contribution >= 0.6 is 11.6 Å². The molecule has 0 saturated carbocycles. The van der Waals surface area contributed by atoms with E-state index in [0.717, 1.165) is 12.8 Å². The maximum absolute atomic E-state index is 12.0. The van der Waals surface area contributed by atoms with Gasteiger partial charge in [0, 0.05) is 6.54 Å². The maximum atomic E-state index is 12.0. The molecule has 1 aromatic rings. The minimum Gasteiger partial charge on any atom is -0.482 e. The summed E-state index contributed by atoms with van der Waals surface area (Å²) in [6.45, 7) is 2.03. The number of rotatable bonds is 8. The summed E-state index contributed by atoms with van der Waals surface area (Å²) in [7, 11) is -3.60. The first-order chi connectivity index (χ1) is 9.90. The van der Waals surface area contributed by atoms with E-state index in [2.05, 4.69) is 4.72 Å². The molecule has 0 unspecified atom stereocenters. The number of nitrogens with one attached hydrogen (secondary N) is 2. The number of sulfonamides is 1. The van der Waals surface area contributed by atoms with Crippen molar-refractivity contribution in [3.05, 3.63) is 23.2 Å². The molecular formula is C12H18ClN3O4S. The lowest BCUT2D eigenvalue weighted by atomic mass is 10.3. The van der Waals surface area contributed by atoms with E-state index in [9.17, 15) is 13.2 Å². The predicted molar refractivity (Wildman–Crippen MR) is 79.4 cm³/mol. The third-order valence-corrected chi connectivity index (χ3v) is 4.31. The van der Waals surface area contributed by atoms with Crippen LogP contribution in [-0.2, 0) is 14.8 Å². The highest BCUT2D eigenvalue weighted by Crippen LogP contribution is 2.27. The molecule has 0 atom stereocenters. The molecule has 0 aliphatic carbocycles. The predicted octanol–water partition coefficient (Wildman–Crippen LogP) is 0.787. The van der Waals surface area contributed by atoms with Gasteiger partial charge in [0.15, 0.2) is 6.61 Å². The van der Waals surface area contributed by atoms with Crippen LogP contribution in [0.1, 0.15) is 19.8 Å². The number of unbranched alkanes of at least 4 members (excludes halogenated alkanes) is 1. The second kappa shape index (κ2) is 8.18. The van der Waals surface area contributed by atoms with E-state index in [4.69, 9.17) is 22.2 Å². The minimum atomic E-state index is -3.60. The maximum Gasteiger partial charge on any atom is 0.271 e. The molecule has 0 aromatic heterocycles. The van der Waals surface area contributed by atoms with Crippen LogP contribution in [-0.4, -0.2) is 27.5 Å². The lowest BCUT2D eigenvalue weighted by molar-refractivity contribution is -0.123. The second-order valence-corrected chi connectivity index (χ2v) is 6.37. The van der Waals surface area contributed by atoms with E-state index in [-0.39, 0.29) is 22.3 Å². The summed E-state index contributed by atoms with van der Waals surface area (Å²) in [5, 5.41) is 0.0955. The molecule has 0 bridgehead atoms. The van der Waals surface area contributed by atoms with Crippen molar-refractivity contribution in [2.24, 2.45) is 5.84 Å². The molecule has 1 aromatic carbocycles. The average molecular weight is 336 g/mol. The van der Waals surface area contributed by atoms with Crippen molar-refractivity contribution in [3.8, 4) is 5.75 Å². The van der Waals surface area contributed by atoms with E-state index in [1.54, 1.807) is 0 Å². The molecular weight excluding hydrogens is 318 g/mol. The van der Waals surface area contributed by atoms with Gasteiger partial charge in [-0.15, -0.1) is 0 Å². The Bertz CT molecular complexity index is 592. The van der Waals surface area contributed by atoms with Crippen LogP contribution in [0, 0.1) is 0 Å². The van der Waals surface area contributed by atoms with E-state index in [1.807, 2.05) is 12.3 Å². The Hall–Kier alpha value is -1.35. The molecule has 4 N–H and O–H groups in total. The number of amides is 1. The molecule has 0 saturated heterocycles. The summed E-state index contributed by atoms with van der Waals surface area (Å²) in [6, 6.07) is 4.02. The molecule has 0 fully saturated rings. The summed E-state index contributed by atoms with van der Waals surface area (Å²) in [4.78, 5) is 11.0. The summed E-state index contributed by atoms with van der Waals surface area (Å²) < 4.78 is 31.6. The minimum absolute atomic E-state index is 0.0410. The highest BCUT2D eigenvalue weighted by molar-refractivity contribution is 7.89. The first-order valence-electron chi connectivity index (χ1n) is 6.32. The van der Waals surface area contributed by atoms with E-state index >= 15 is 0 Å². The van der Waals surface area contributed by atoms with Crippen LogP contribution in [0.2, 0.25) is 5.02 Å². The molecule has 0 aliphatic heterocycles. The van der Waals surface area contributed by atoms with Gasteiger partial charge in [0.1, 0.15) is 5.75 Å². The molecule has 0 radical (unpaired) electrons. The molecule has 1 amide bonds. The average Bonchev–Trinajstić information content (AvgIpc) is 2.45. The lowest BCUT2D eigenvalue weighted by Gasteiger charge is -2.10. The molecule has 0 spiro atoms. The van der Waals surface area contributed by atoms with Gasteiger partial charge in [-0.2, -0.15) is 0 Å². The van der Waals surface area contributed by atoms with Crippen molar-refractivity contribution in [1.29, 1.82) is 0 Å². The zero-order valence-electron chi connectivity index (χ0n) is 11.6. The van der Waals surface area contributed by atoms with Gasteiger partial charge in [-0.1, -0.05) is 24.9 Å². The first kappa shape index (κ1) is 17.7. The quantitative estimate of drug-likeness (QED) is 0.281. The summed E-state index contributed by atoms with van der Waals surface area (Å²) in [6.07, 6.45) is 1.64. The Morgan fingerprint density at radius 3 is 2.71 bits per heavy atom. The third-order valence-electron chi connectivity index (χ3n) is 2.56. The fraction of sp³-hybridized carbons (Fsp3) is 0.417. The van der Waals surface area contributed by atoms with Crippen LogP contribution in [0.3, 0.4) is 0 Å². The molecule has 1 rings (SSSR count). The van der Waals surface area contributed by atoms with Crippen molar-refractivity contribution in [3.63, 3.8) is 0 Å². The van der Waals surface area contributed by atoms with Crippen molar-refractivity contribution in [2.75, 3.05) is 13.2 Å². The number of hydrogen-bond donors (Lipinski definition) is 3. The first-order valence-corrected chi connectivity index (χ1v) is 8.18. The number of carbonyl (C=O) groups is 1. The number of nitrogens with two attached hydrogens (primary N) is 1. The molecule has 118 valence electrons. The highest BCUT2D eigenvalue weighted by Gasteiger charge is 2.15. The Morgan fingerprint density at radius 2 is 2.14 bits per heavy atom. The highest BCUT2D eigenvalue weighted by atomic mass is 35.5. The number of ether oxygens (including phenoxy) is 1. The van der Waals surface area contributed by atoms with Gasteiger partial charge in [0.2, 0.25) is 10.0 Å². The largest absolute Gasteiger partial charge is 0.482 e. The second-order valence-electron chi connectivity index (χ2n) is 4.20. The smallest absolute Gasteiger partial charge is 0.271 e. The summed E-state index contributed by atoms with van der Waals surface area (Å²) in [5.41, 5.74) is 1.91. The van der Waals surface area contributed by atoms with Gasteiger partial charge >= 0.3 is 0 Å². The zero-order chi connectivity index (χ0) is 15.9. The zero-order valence-corrected chi connectivity index (χ0v) is 13.1. The van der Waals surface area contributed by atoms with Crippen LogP contribution in [0.15, 0.2) is 23.1 Å². The monoisotopic (exact) mass is 335 g/mol. The van der Waals surface area contributed by atoms with Gasteiger partial charge in [0.05, 0.1) is 9.92 Å². The summed E-state index contributed by atoms with van der Waals surface area (Å²) in [5.74, 6) is 4.59. The molecule has 0 aliphatic rings. The Morgan fingerprint density at radius 1 is 1.43 bits per heavy atom. The topological polar surface area (TPSA) is 111 Å². The molecule has 21 heavy (non-hydrogen) atoms. The van der Waals surface area contributed by atoms with Crippen molar-refractivity contribution >= 4 is 27.5 Å². The van der Waals surface area contributed by atoms with Crippen LogP contribution in [0.25, 0.3) is 0 Å². The molecule has 7 nitrogen and oxygen atoms in total. The van der Waals surface area contributed by atoms with Crippen molar-refractivity contribution in [2.45, 2.75) is 24.7 Å². The van der Waals surface area contributed by atoms with Gasteiger partial charge in [-0.3, -0.25) is 10.2 Å². The van der Waals surface area contributed by atoms with Gasteiger partial charge in [0.25, 0.3) is 5.91 Å². The van der Waals surface area contributed by atoms with Gasteiger partial charge in [-0.25, -0.2) is 19.0 Å². The number of halogens is 1. The fourth-order valence-electron chi connectivity index (χ4n) is 1.42. The van der Waals surface area contributed by atoms with Crippen LogP contribution in [0.5, 0.6) is 5.75 Å². The summed E-state index contributed by atoms with van der Waals surface area (Å²) >= 11 is 5.94. The van der Waals surface area contributed by atoms with E-state index in [0.29, 0.717) is 6.54 Å². The Balaban J connectivity index is 2.79. The lowest BCUT2D eigenvalue weighted by Crippen LogP contribution is -2.34. The molecule has 0 heterocycles. The fourth-order valence-corrected chi connectivity index (χ4v) is 2.82. The van der Waals surface area contributed by atoms with Gasteiger partial charge < -0.3 is 4.74 Å². The normalized spacial score (nSPS) is 11.2. The van der Waals surface area contributed by atoms with Gasteiger partial charge in [-0.05, 0) is 24.6 Å². The van der Waals surface area contributed by atoms with E-state index < -0.39 is 15.9 Å². The number of hydrazine groups is 1. The van der Waals surface area contributed by atoms with Crippen LogP contribution in [0.4, 0.5) is 0 Å². The SMILES string of the molecule is CCCCNS(=O)(=O)c1ccc(OCC(=O)NN)c(Cl)c1. The molecule has 9 heteroatoms. The standard InChI is InChI=1S/C12H18ClN3O4S/c1-2-3-6-15-21(18,19)9-4-5-11(10(13)7-9)20-8-12(17)16-14/h4-5,7,15H,2-3,6,8,14H2,1H3,(H,16,17). The van der Waals surface area contributed by atoms with E-state index in [1.165, 1.54) is 18.2 Å². The number of carbonyl (C=O) groups excluding carboxylic acids is 1. The van der Waals surface area contributed by atoms with Crippen LogP contribution < -0.4 is 20.7 Å². The third kappa shape index (κ3) is 5.50. The Labute approximate surface area is 128 Å².